The van der Waals surface area contributed by atoms with E-state index >= 15 is 0 Å². The number of amides is 1. The van der Waals surface area contributed by atoms with Crippen LogP contribution in [0.3, 0.4) is 0 Å². The number of hydrogen-bond donors (Lipinski definition) is 1. The van der Waals surface area contributed by atoms with Crippen LogP contribution in [0.2, 0.25) is 0 Å². The fraction of sp³-hybridized carbons (Fsp3) is 0.227. The normalized spacial score (nSPS) is 22.9. The number of azide groups is 1. The molecule has 1 fully saturated rings. The highest BCUT2D eigenvalue weighted by Gasteiger charge is 2.60. The lowest BCUT2D eigenvalue weighted by Gasteiger charge is -2.28. The van der Waals surface area contributed by atoms with Crippen LogP contribution >= 0.6 is 22.6 Å². The van der Waals surface area contributed by atoms with E-state index < -0.39 is 42.0 Å². The van der Waals surface area contributed by atoms with Gasteiger partial charge in [-0.1, -0.05) is 64.1 Å². The fourth-order valence-corrected chi connectivity index (χ4v) is 4.32. The number of ether oxygens (including phenoxy) is 3. The van der Waals surface area contributed by atoms with E-state index in [1.165, 1.54) is 24.3 Å². The van der Waals surface area contributed by atoms with Crippen molar-refractivity contribution < 1.29 is 28.6 Å². The standard InChI is InChI=1S/C22H18IN7O6/c23-11-22(28-29-25)16(35-21(33)14-9-5-2-6-10-14)15(34-20(32)13-7-3-1-4-8-13)19(36-22)30-12-26-18(27-30)17(24)31/h1-10,12,15-16,19H,11H2,(H2,24,31)/t15-,16+,19-,22-/m1/s1. The number of rotatable bonds is 8. The Morgan fingerprint density at radius 1 is 1.08 bits per heavy atom. The van der Waals surface area contributed by atoms with E-state index in [0.717, 1.165) is 11.0 Å². The van der Waals surface area contributed by atoms with Crippen LogP contribution in [0.5, 0.6) is 0 Å². The van der Waals surface area contributed by atoms with Crippen molar-refractivity contribution in [1.29, 1.82) is 0 Å². The Morgan fingerprint density at radius 3 is 2.17 bits per heavy atom. The van der Waals surface area contributed by atoms with Crippen LogP contribution in [-0.2, 0) is 14.2 Å². The van der Waals surface area contributed by atoms with Gasteiger partial charge in [-0.2, -0.15) is 0 Å². The molecule has 1 aliphatic rings. The highest BCUT2D eigenvalue weighted by molar-refractivity contribution is 14.1. The number of aromatic nitrogens is 3. The third-order valence-corrected chi connectivity index (χ3v) is 6.33. The van der Waals surface area contributed by atoms with Gasteiger partial charge in [-0.3, -0.25) is 4.79 Å². The molecule has 2 aromatic carbocycles. The molecule has 14 heteroatoms. The fourth-order valence-electron chi connectivity index (χ4n) is 3.56. The molecule has 2 N–H and O–H groups in total. The second-order valence-corrected chi connectivity index (χ2v) is 8.28. The summed E-state index contributed by atoms with van der Waals surface area (Å²) in [7, 11) is 0. The van der Waals surface area contributed by atoms with E-state index in [4.69, 9.17) is 19.9 Å². The van der Waals surface area contributed by atoms with Crippen LogP contribution in [0.4, 0.5) is 0 Å². The molecule has 13 nitrogen and oxygen atoms in total. The highest BCUT2D eigenvalue weighted by atomic mass is 127. The van der Waals surface area contributed by atoms with Gasteiger partial charge in [0, 0.05) is 9.34 Å². The van der Waals surface area contributed by atoms with E-state index in [2.05, 4.69) is 20.1 Å². The summed E-state index contributed by atoms with van der Waals surface area (Å²) in [6, 6.07) is 16.2. The molecular weight excluding hydrogens is 585 g/mol. The zero-order valence-electron chi connectivity index (χ0n) is 18.4. The van der Waals surface area contributed by atoms with Crippen molar-refractivity contribution in [2.24, 2.45) is 10.8 Å². The molecule has 0 aliphatic carbocycles. The van der Waals surface area contributed by atoms with Gasteiger partial charge in [-0.25, -0.2) is 19.3 Å². The van der Waals surface area contributed by atoms with Crippen LogP contribution in [0.25, 0.3) is 10.4 Å². The van der Waals surface area contributed by atoms with Crippen LogP contribution < -0.4 is 5.73 Å². The number of nitrogens with two attached hydrogens (primary N) is 1. The maximum absolute atomic E-state index is 13.0. The number of esters is 2. The molecule has 36 heavy (non-hydrogen) atoms. The van der Waals surface area contributed by atoms with Crippen molar-refractivity contribution in [3.05, 3.63) is 94.4 Å². The van der Waals surface area contributed by atoms with Crippen molar-refractivity contribution in [2.75, 3.05) is 4.43 Å². The third kappa shape index (κ3) is 5.00. The van der Waals surface area contributed by atoms with Crippen molar-refractivity contribution in [3.63, 3.8) is 0 Å². The molecule has 1 aromatic heterocycles. The first-order chi connectivity index (χ1) is 17.4. The molecule has 3 aromatic rings. The number of halogens is 1. The number of nitrogens with zero attached hydrogens (tertiary/aromatic N) is 6. The summed E-state index contributed by atoms with van der Waals surface area (Å²) in [5, 5.41) is 7.77. The van der Waals surface area contributed by atoms with Gasteiger partial charge in [0.15, 0.2) is 24.2 Å². The van der Waals surface area contributed by atoms with Crippen LogP contribution in [0, 0.1) is 0 Å². The lowest BCUT2D eigenvalue weighted by Crippen LogP contribution is -2.47. The lowest BCUT2D eigenvalue weighted by molar-refractivity contribution is -0.0915. The topological polar surface area (TPSA) is 184 Å². The summed E-state index contributed by atoms with van der Waals surface area (Å²) in [5.41, 5.74) is 13.2. The average molecular weight is 603 g/mol. The molecule has 4 atom stereocenters. The number of carbonyl (C=O) groups excluding carboxylic acids is 3. The van der Waals surface area contributed by atoms with Gasteiger partial charge in [-0.15, -0.1) is 5.10 Å². The van der Waals surface area contributed by atoms with Crippen molar-refractivity contribution in [1.82, 2.24) is 14.8 Å². The van der Waals surface area contributed by atoms with E-state index in [1.54, 1.807) is 36.4 Å². The van der Waals surface area contributed by atoms with Crippen molar-refractivity contribution in [2.45, 2.75) is 24.2 Å². The highest BCUT2D eigenvalue weighted by Crippen LogP contribution is 2.43. The minimum Gasteiger partial charge on any atom is -0.451 e. The molecule has 1 amide bonds. The third-order valence-electron chi connectivity index (χ3n) is 5.24. The number of carbonyl (C=O) groups is 3. The average Bonchev–Trinajstić information content (AvgIpc) is 3.50. The quantitative estimate of drug-likeness (QED) is 0.102. The molecule has 0 bridgehead atoms. The minimum absolute atomic E-state index is 0.00875. The van der Waals surface area contributed by atoms with Gasteiger partial charge in [0.2, 0.25) is 5.82 Å². The van der Waals surface area contributed by atoms with Gasteiger partial charge in [-0.05, 0) is 29.8 Å². The van der Waals surface area contributed by atoms with Crippen LogP contribution in [-0.4, -0.2) is 55.0 Å². The Balaban J connectivity index is 1.78. The maximum Gasteiger partial charge on any atom is 0.338 e. The van der Waals surface area contributed by atoms with Gasteiger partial charge in [0.05, 0.1) is 11.1 Å². The summed E-state index contributed by atoms with van der Waals surface area (Å²) in [4.78, 5) is 44.2. The molecule has 0 unspecified atom stereocenters. The van der Waals surface area contributed by atoms with E-state index in [9.17, 15) is 19.9 Å². The first-order valence-corrected chi connectivity index (χ1v) is 11.9. The van der Waals surface area contributed by atoms with Gasteiger partial charge in [0.25, 0.3) is 5.91 Å². The van der Waals surface area contributed by atoms with Crippen LogP contribution in [0.1, 0.15) is 37.6 Å². The van der Waals surface area contributed by atoms with E-state index in [-0.39, 0.29) is 21.4 Å². The summed E-state index contributed by atoms with van der Waals surface area (Å²) < 4.78 is 18.6. The Bertz CT molecular complexity index is 1310. The monoisotopic (exact) mass is 603 g/mol. The molecule has 0 spiro atoms. The predicted molar refractivity (Wildman–Crippen MR) is 131 cm³/mol. The number of alkyl halides is 1. The zero-order chi connectivity index (χ0) is 25.7. The number of hydrogen-bond acceptors (Lipinski definition) is 9. The minimum atomic E-state index is -1.79. The summed E-state index contributed by atoms with van der Waals surface area (Å²) in [5.74, 6) is -2.73. The summed E-state index contributed by atoms with van der Waals surface area (Å²) >= 11 is 1.90. The molecule has 1 saturated heterocycles. The molecule has 1 aliphatic heterocycles. The van der Waals surface area contributed by atoms with E-state index in [1.807, 2.05) is 22.6 Å². The second kappa shape index (κ2) is 10.7. The Kier molecular flexibility index (Phi) is 7.47. The first kappa shape index (κ1) is 25.1. The molecule has 4 rings (SSSR count). The number of benzene rings is 2. The smallest absolute Gasteiger partial charge is 0.338 e. The van der Waals surface area contributed by atoms with Gasteiger partial charge >= 0.3 is 11.9 Å². The van der Waals surface area contributed by atoms with E-state index in [0.29, 0.717) is 0 Å². The van der Waals surface area contributed by atoms with Gasteiger partial charge in [0.1, 0.15) is 6.33 Å². The van der Waals surface area contributed by atoms with Crippen molar-refractivity contribution in [3.8, 4) is 0 Å². The Morgan fingerprint density at radius 2 is 1.67 bits per heavy atom. The summed E-state index contributed by atoms with van der Waals surface area (Å²) in [6.45, 7) is 0. The SMILES string of the molecule is [N-]=[N+]=N[C@]1(CI)O[C@@H](n2cnc(C(N)=O)n2)[C@H](OC(=O)c2ccccc2)[C@@H]1OC(=O)c1ccccc1. The second-order valence-electron chi connectivity index (χ2n) is 7.52. The number of primary amides is 1. The Hall–Kier alpha value is -4.01. The van der Waals surface area contributed by atoms with Gasteiger partial charge < -0.3 is 19.9 Å². The first-order valence-electron chi connectivity index (χ1n) is 10.4. The predicted octanol–water partition coefficient (Wildman–Crippen LogP) is 2.80. The molecular formula is C22H18IN7O6. The van der Waals surface area contributed by atoms with Crippen molar-refractivity contribution >= 4 is 40.4 Å². The molecule has 184 valence electrons. The lowest BCUT2D eigenvalue weighted by atomic mass is 10.1. The Labute approximate surface area is 217 Å². The largest absolute Gasteiger partial charge is 0.451 e. The molecule has 0 radical (unpaired) electrons. The molecule has 2 heterocycles. The zero-order valence-corrected chi connectivity index (χ0v) is 20.5. The maximum atomic E-state index is 13.0. The van der Waals surface area contributed by atoms with Crippen LogP contribution in [0.15, 0.2) is 72.1 Å². The molecule has 0 saturated carbocycles. The summed E-state index contributed by atoms with van der Waals surface area (Å²) in [6.07, 6.45) is -2.89.